The van der Waals surface area contributed by atoms with Gasteiger partial charge in [0.05, 0.1) is 11.7 Å². The normalized spacial score (nSPS) is 24.6. The molecular formula is C20H23B3F2N4O2. The van der Waals surface area contributed by atoms with Crippen molar-refractivity contribution in [1.29, 1.82) is 0 Å². The second-order valence-electron chi connectivity index (χ2n) is 9.22. The number of alkyl halides is 2. The Morgan fingerprint density at radius 2 is 2.03 bits per heavy atom. The number of rotatable bonds is 5. The number of carbonyl (C=O) groups is 1. The van der Waals surface area contributed by atoms with E-state index in [4.69, 9.17) is 10.5 Å². The summed E-state index contributed by atoms with van der Waals surface area (Å²) in [6, 6.07) is 8.83. The first-order valence-corrected chi connectivity index (χ1v) is 10.2. The van der Waals surface area contributed by atoms with Crippen LogP contribution in [-0.2, 0) is 12.0 Å². The molecule has 11 heteroatoms. The van der Waals surface area contributed by atoms with E-state index in [1.807, 2.05) is 35.7 Å². The van der Waals surface area contributed by atoms with Gasteiger partial charge in [-0.15, -0.1) is 0 Å². The highest BCUT2D eigenvalue weighted by molar-refractivity contribution is 6.58. The molecule has 0 fully saturated rings. The van der Waals surface area contributed by atoms with Crippen LogP contribution < -0.4 is 15.8 Å². The summed E-state index contributed by atoms with van der Waals surface area (Å²) in [5.41, 5.74) is 5.71. The molecule has 1 amide bonds. The molecule has 1 spiro atoms. The molecule has 0 saturated heterocycles. The maximum absolute atomic E-state index is 14.4. The number of amidine groups is 1. The highest BCUT2D eigenvalue weighted by Gasteiger charge is 2.50. The van der Waals surface area contributed by atoms with Crippen molar-refractivity contribution >= 4 is 41.0 Å². The molecule has 3 N–H and O–H groups in total. The molecule has 1 aliphatic carbocycles. The smallest absolute Gasteiger partial charge is 0.274 e. The summed E-state index contributed by atoms with van der Waals surface area (Å²) in [5, 5.41) is 2.48. The maximum Gasteiger partial charge on any atom is 0.274 e. The molecule has 0 saturated carbocycles. The van der Waals surface area contributed by atoms with Crippen molar-refractivity contribution in [3.05, 3.63) is 53.3 Å². The topological polar surface area (TPSA) is 89.6 Å². The van der Waals surface area contributed by atoms with Crippen LogP contribution in [0.3, 0.4) is 0 Å². The summed E-state index contributed by atoms with van der Waals surface area (Å²) < 4.78 is 33.2. The number of pyridine rings is 1. The largest absolute Gasteiger partial charge is 0.512 e. The van der Waals surface area contributed by atoms with E-state index in [1.54, 1.807) is 18.2 Å². The lowest BCUT2D eigenvalue weighted by Crippen LogP contribution is -2.52. The van der Waals surface area contributed by atoms with Crippen LogP contribution in [0, 0.1) is 0 Å². The van der Waals surface area contributed by atoms with Crippen LogP contribution in [-0.4, -0.2) is 57.9 Å². The molecule has 2 aromatic rings. The van der Waals surface area contributed by atoms with E-state index < -0.39 is 17.9 Å². The van der Waals surface area contributed by atoms with Gasteiger partial charge in [-0.1, -0.05) is 6.07 Å². The Bertz CT molecular complexity index is 1060. The Labute approximate surface area is 182 Å². The average molecular weight is 422 g/mol. The standard InChI is InChI=1S/C20H23B3F2N4O2/c21-20(22,23)31-13-3-4-15(27-9-13)16(30)28-12-2-1-11-8-19(14(11)7-12)6-5-18(25,10-24)17(26)29-19/h1-4,7,9H,5-6,8,10,21-23H2,(H2,26,29)(H,28,30)/t18-,19-/m1/s1. The monoisotopic (exact) mass is 422 g/mol. The van der Waals surface area contributed by atoms with E-state index in [2.05, 4.69) is 15.3 Å². The highest BCUT2D eigenvalue weighted by Crippen LogP contribution is 2.50. The number of aromatic nitrogens is 1. The lowest BCUT2D eigenvalue weighted by atomic mass is 9.52. The fourth-order valence-corrected chi connectivity index (χ4v) is 4.05. The summed E-state index contributed by atoms with van der Waals surface area (Å²) >= 11 is 0. The fourth-order valence-electron chi connectivity index (χ4n) is 4.05. The Balaban J connectivity index is 1.50. The molecule has 0 unspecified atom stereocenters. The van der Waals surface area contributed by atoms with E-state index >= 15 is 0 Å². The first kappa shape index (κ1) is 21.4. The van der Waals surface area contributed by atoms with Crippen LogP contribution in [0.15, 0.2) is 41.5 Å². The third-order valence-corrected chi connectivity index (χ3v) is 5.69. The van der Waals surface area contributed by atoms with Crippen LogP contribution in [0.4, 0.5) is 14.5 Å². The molecule has 2 atom stereocenters. The second kappa shape index (κ2) is 7.39. The number of anilines is 1. The van der Waals surface area contributed by atoms with Gasteiger partial charge in [-0.05, 0) is 48.2 Å². The molecule has 1 aromatic heterocycles. The summed E-state index contributed by atoms with van der Waals surface area (Å²) in [7, 11) is 5.79. The molecule has 2 heterocycles. The SMILES string of the molecule is BC(B)(B)Oc1ccc(C(=O)Nc2ccc3c(c2)[C@@]2(CC[C@@](F)(CF)C(N)=N2)C3)nc1. The van der Waals surface area contributed by atoms with E-state index in [9.17, 15) is 13.6 Å². The zero-order valence-corrected chi connectivity index (χ0v) is 17.8. The Morgan fingerprint density at radius 3 is 2.65 bits per heavy atom. The minimum atomic E-state index is -2.18. The molecule has 31 heavy (non-hydrogen) atoms. The zero-order valence-electron chi connectivity index (χ0n) is 17.8. The molecule has 158 valence electrons. The molecule has 1 aliphatic heterocycles. The van der Waals surface area contributed by atoms with E-state index in [-0.39, 0.29) is 29.2 Å². The Morgan fingerprint density at radius 1 is 1.26 bits per heavy atom. The van der Waals surface area contributed by atoms with E-state index in [0.29, 0.717) is 24.3 Å². The van der Waals surface area contributed by atoms with Gasteiger partial charge in [-0.3, -0.25) is 9.79 Å². The van der Waals surface area contributed by atoms with Crippen molar-refractivity contribution in [2.75, 3.05) is 12.0 Å². The van der Waals surface area contributed by atoms with E-state index in [0.717, 1.165) is 11.1 Å². The van der Waals surface area contributed by atoms with Gasteiger partial charge in [-0.25, -0.2) is 13.8 Å². The van der Waals surface area contributed by atoms with Crippen LogP contribution >= 0.6 is 0 Å². The highest BCUT2D eigenvalue weighted by atomic mass is 19.2. The van der Waals surface area contributed by atoms with Gasteiger partial charge in [0.2, 0.25) is 0 Å². The quantitative estimate of drug-likeness (QED) is 0.654. The number of nitrogens with two attached hydrogens (primary N) is 1. The van der Waals surface area contributed by atoms with Crippen molar-refractivity contribution in [2.45, 2.75) is 35.8 Å². The summed E-state index contributed by atoms with van der Waals surface area (Å²) in [4.78, 5) is 21.1. The Kier molecular flexibility index (Phi) is 5.10. The van der Waals surface area contributed by atoms with Gasteiger partial charge < -0.3 is 15.8 Å². The van der Waals surface area contributed by atoms with Gasteiger partial charge in [0.25, 0.3) is 5.91 Å². The molecule has 0 radical (unpaired) electrons. The van der Waals surface area contributed by atoms with E-state index in [1.165, 1.54) is 6.20 Å². The van der Waals surface area contributed by atoms with Crippen LogP contribution in [0.1, 0.15) is 34.5 Å². The first-order valence-electron chi connectivity index (χ1n) is 10.2. The number of fused-ring (bicyclic) bond motifs is 2. The molecule has 1 aromatic carbocycles. The number of aliphatic imine (C=N–C) groups is 1. The molecule has 0 bridgehead atoms. The minimum absolute atomic E-state index is 0.0121. The third kappa shape index (κ3) is 4.05. The molecular weight excluding hydrogens is 399 g/mol. The summed E-state index contributed by atoms with van der Waals surface area (Å²) in [6.07, 6.45) is 2.49. The van der Waals surface area contributed by atoms with Gasteiger partial charge in [0, 0.05) is 17.4 Å². The number of nitrogens with zero attached hydrogens (tertiary/aromatic N) is 2. The van der Waals surface area contributed by atoms with Crippen LogP contribution in [0.5, 0.6) is 5.75 Å². The predicted molar refractivity (Wildman–Crippen MR) is 124 cm³/mol. The van der Waals surface area contributed by atoms with Gasteiger partial charge in [0.15, 0.2) is 5.67 Å². The van der Waals surface area contributed by atoms with Crippen molar-refractivity contribution in [3.63, 3.8) is 0 Å². The van der Waals surface area contributed by atoms with Crippen LogP contribution in [0.25, 0.3) is 0 Å². The molecule has 4 rings (SSSR count). The van der Waals surface area contributed by atoms with Crippen molar-refractivity contribution in [3.8, 4) is 5.75 Å². The zero-order chi connectivity index (χ0) is 22.4. The number of hydrogen-bond donors (Lipinski definition) is 2. The second-order valence-corrected chi connectivity index (χ2v) is 9.22. The van der Waals surface area contributed by atoms with Crippen LogP contribution in [0.2, 0.25) is 0 Å². The van der Waals surface area contributed by atoms with Gasteiger partial charge in [0.1, 0.15) is 47.5 Å². The molecule has 2 aliphatic rings. The number of benzene rings is 1. The first-order chi connectivity index (χ1) is 14.5. The summed E-state index contributed by atoms with van der Waals surface area (Å²) in [6.45, 7) is -1.17. The fraction of sp³-hybridized carbons (Fsp3) is 0.350. The Hall–Kier alpha value is -2.84. The number of carbonyl (C=O) groups excluding carboxylic acids is 1. The lowest BCUT2D eigenvalue weighted by Gasteiger charge is -2.46. The van der Waals surface area contributed by atoms with Crippen molar-refractivity contribution in [1.82, 2.24) is 4.98 Å². The third-order valence-electron chi connectivity index (χ3n) is 5.69. The van der Waals surface area contributed by atoms with Gasteiger partial charge >= 0.3 is 0 Å². The molecule has 6 nitrogen and oxygen atoms in total. The minimum Gasteiger partial charge on any atom is -0.512 e. The number of ether oxygens (including phenoxy) is 1. The number of amides is 1. The average Bonchev–Trinajstić information content (AvgIpc) is 2.70. The van der Waals surface area contributed by atoms with Gasteiger partial charge in [-0.2, -0.15) is 0 Å². The predicted octanol–water partition coefficient (Wildman–Crippen LogP) is -0.197. The summed E-state index contributed by atoms with van der Waals surface area (Å²) in [5.74, 6) is -0.0670. The lowest BCUT2D eigenvalue weighted by molar-refractivity contribution is 0.102. The number of halogens is 2. The van der Waals surface area contributed by atoms with Crippen molar-refractivity contribution < 1.29 is 18.3 Å². The maximum atomic E-state index is 14.4. The number of nitrogens with one attached hydrogen (secondary N) is 1. The van der Waals surface area contributed by atoms with Crippen molar-refractivity contribution in [2.24, 2.45) is 10.7 Å². The number of hydrogen-bond acceptors (Lipinski definition) is 5.